The van der Waals surface area contributed by atoms with Crippen molar-refractivity contribution in [1.82, 2.24) is 5.32 Å². The molecule has 1 atom stereocenters. The molecule has 0 bridgehead atoms. The van der Waals surface area contributed by atoms with Gasteiger partial charge in [0.2, 0.25) is 5.91 Å². The molecule has 0 aromatic heterocycles. The van der Waals surface area contributed by atoms with E-state index in [-0.39, 0.29) is 12.0 Å². The summed E-state index contributed by atoms with van der Waals surface area (Å²) in [7, 11) is 0. The lowest BCUT2D eigenvalue weighted by molar-refractivity contribution is -0.137. The molecule has 0 saturated heterocycles. The number of halogens is 4. The smallest absolute Gasteiger partial charge is 0.368 e. The second-order valence-electron chi connectivity index (χ2n) is 5.30. The molecular formula is C17H14F3IN2O2. The zero-order valence-corrected chi connectivity index (χ0v) is 15.0. The molecule has 2 rings (SSSR count). The van der Waals surface area contributed by atoms with Crippen LogP contribution >= 0.6 is 22.6 Å². The minimum absolute atomic E-state index is 0.0157. The summed E-state index contributed by atoms with van der Waals surface area (Å²) in [6.45, 7) is 0. The largest absolute Gasteiger partial charge is 0.416 e. The van der Waals surface area contributed by atoms with Gasteiger partial charge < -0.3 is 11.1 Å². The van der Waals surface area contributed by atoms with Crippen molar-refractivity contribution in [2.75, 3.05) is 0 Å². The summed E-state index contributed by atoms with van der Waals surface area (Å²) in [5.74, 6) is -1.39. The van der Waals surface area contributed by atoms with Gasteiger partial charge in [0.25, 0.3) is 5.91 Å². The van der Waals surface area contributed by atoms with Crippen LogP contribution in [0.2, 0.25) is 0 Å². The molecule has 3 N–H and O–H groups in total. The van der Waals surface area contributed by atoms with Crippen molar-refractivity contribution in [3.63, 3.8) is 0 Å². The number of alkyl halides is 3. The van der Waals surface area contributed by atoms with Crippen LogP contribution in [0, 0.1) is 3.57 Å². The molecule has 2 aromatic rings. The monoisotopic (exact) mass is 462 g/mol. The number of nitrogens with two attached hydrogens (primary N) is 1. The Kier molecular flexibility index (Phi) is 6.04. The maximum Gasteiger partial charge on any atom is 0.416 e. The molecule has 0 aliphatic rings. The lowest BCUT2D eigenvalue weighted by Gasteiger charge is -2.16. The van der Waals surface area contributed by atoms with Crippen molar-refractivity contribution >= 4 is 34.4 Å². The number of hydrogen-bond acceptors (Lipinski definition) is 2. The summed E-state index contributed by atoms with van der Waals surface area (Å²) >= 11 is 2.10. The number of carbonyl (C=O) groups excluding carboxylic acids is 2. The number of hydrogen-bond donors (Lipinski definition) is 2. The average molecular weight is 462 g/mol. The van der Waals surface area contributed by atoms with Crippen LogP contribution in [0.25, 0.3) is 0 Å². The van der Waals surface area contributed by atoms with Gasteiger partial charge in [-0.05, 0) is 58.5 Å². The molecule has 25 heavy (non-hydrogen) atoms. The van der Waals surface area contributed by atoms with Crippen LogP contribution < -0.4 is 11.1 Å². The first-order valence-electron chi connectivity index (χ1n) is 7.19. The number of primary amides is 1. The Hall–Kier alpha value is -2.10. The number of rotatable bonds is 5. The highest BCUT2D eigenvalue weighted by atomic mass is 127. The third-order valence-electron chi connectivity index (χ3n) is 3.51. The van der Waals surface area contributed by atoms with Gasteiger partial charge in [0.05, 0.1) is 5.56 Å². The van der Waals surface area contributed by atoms with E-state index in [0.717, 1.165) is 33.4 Å². The molecule has 132 valence electrons. The van der Waals surface area contributed by atoms with Crippen molar-refractivity contribution in [2.24, 2.45) is 5.73 Å². The minimum atomic E-state index is -4.48. The summed E-state index contributed by atoms with van der Waals surface area (Å²) in [6, 6.07) is 10.1. The third-order valence-corrected chi connectivity index (χ3v) is 4.56. The van der Waals surface area contributed by atoms with Crippen LogP contribution in [0.1, 0.15) is 21.5 Å². The molecule has 0 unspecified atom stereocenters. The van der Waals surface area contributed by atoms with E-state index in [2.05, 4.69) is 27.9 Å². The predicted octanol–water partition coefficient (Wildman–Crippen LogP) is 3.14. The second-order valence-corrected chi connectivity index (χ2v) is 6.46. The number of carbonyl (C=O) groups is 2. The van der Waals surface area contributed by atoms with Crippen LogP contribution in [-0.2, 0) is 17.4 Å². The maximum atomic E-state index is 12.6. The number of amides is 2. The SMILES string of the molecule is NC(=O)[C@H](Cc1ccccc1I)NC(=O)c1ccc(C(F)(F)F)cc1. The summed E-state index contributed by atoms with van der Waals surface area (Å²) < 4.78 is 38.6. The first-order valence-corrected chi connectivity index (χ1v) is 8.27. The predicted molar refractivity (Wildman–Crippen MR) is 94.8 cm³/mol. The highest BCUT2D eigenvalue weighted by Crippen LogP contribution is 2.29. The Morgan fingerprint density at radius 3 is 2.20 bits per heavy atom. The molecule has 0 saturated carbocycles. The Balaban J connectivity index is 2.13. The Morgan fingerprint density at radius 1 is 1.08 bits per heavy atom. The van der Waals surface area contributed by atoms with E-state index in [1.165, 1.54) is 0 Å². The minimum Gasteiger partial charge on any atom is -0.368 e. The fraction of sp³-hybridized carbons (Fsp3) is 0.176. The van der Waals surface area contributed by atoms with Gasteiger partial charge in [-0.1, -0.05) is 18.2 Å². The molecule has 0 radical (unpaired) electrons. The Labute approximate surface area is 155 Å². The van der Waals surface area contributed by atoms with Gasteiger partial charge in [-0.15, -0.1) is 0 Å². The van der Waals surface area contributed by atoms with Crippen LogP contribution in [0.15, 0.2) is 48.5 Å². The van der Waals surface area contributed by atoms with Crippen molar-refractivity contribution in [3.05, 3.63) is 68.8 Å². The van der Waals surface area contributed by atoms with Crippen molar-refractivity contribution in [1.29, 1.82) is 0 Å². The van der Waals surface area contributed by atoms with Gasteiger partial charge in [-0.3, -0.25) is 9.59 Å². The van der Waals surface area contributed by atoms with Crippen LogP contribution in [0.4, 0.5) is 13.2 Å². The van der Waals surface area contributed by atoms with Gasteiger partial charge >= 0.3 is 6.18 Å². The molecule has 0 heterocycles. The first kappa shape index (κ1) is 19.2. The van der Waals surface area contributed by atoms with E-state index in [1.807, 2.05) is 18.2 Å². The van der Waals surface area contributed by atoms with Crippen molar-refractivity contribution in [3.8, 4) is 0 Å². The molecule has 0 fully saturated rings. The lowest BCUT2D eigenvalue weighted by Crippen LogP contribution is -2.46. The molecule has 2 aromatic carbocycles. The van der Waals surface area contributed by atoms with E-state index < -0.39 is 29.6 Å². The fourth-order valence-corrected chi connectivity index (χ4v) is 2.77. The normalized spacial score (nSPS) is 12.5. The Morgan fingerprint density at radius 2 is 1.68 bits per heavy atom. The van der Waals surface area contributed by atoms with E-state index in [9.17, 15) is 22.8 Å². The third kappa shape index (κ3) is 5.18. The quantitative estimate of drug-likeness (QED) is 0.671. The molecule has 2 amide bonds. The molecule has 8 heteroatoms. The van der Waals surface area contributed by atoms with Gasteiger partial charge in [-0.2, -0.15) is 13.2 Å². The van der Waals surface area contributed by atoms with Gasteiger partial charge in [0, 0.05) is 15.6 Å². The zero-order chi connectivity index (χ0) is 18.6. The topological polar surface area (TPSA) is 72.2 Å². The highest BCUT2D eigenvalue weighted by Gasteiger charge is 2.30. The van der Waals surface area contributed by atoms with E-state index in [4.69, 9.17) is 5.73 Å². The molecule has 0 aliphatic carbocycles. The summed E-state index contributed by atoms with van der Waals surface area (Å²) in [5, 5.41) is 2.47. The van der Waals surface area contributed by atoms with Crippen LogP contribution in [0.5, 0.6) is 0 Å². The van der Waals surface area contributed by atoms with Crippen LogP contribution in [-0.4, -0.2) is 17.9 Å². The first-order chi connectivity index (χ1) is 11.7. The summed E-state index contributed by atoms with van der Waals surface area (Å²) in [6.07, 6.45) is -4.28. The van der Waals surface area contributed by atoms with E-state index >= 15 is 0 Å². The summed E-state index contributed by atoms with van der Waals surface area (Å²) in [5.41, 5.74) is 5.33. The van der Waals surface area contributed by atoms with Crippen molar-refractivity contribution in [2.45, 2.75) is 18.6 Å². The van der Waals surface area contributed by atoms with E-state index in [0.29, 0.717) is 0 Å². The summed E-state index contributed by atoms with van der Waals surface area (Å²) in [4.78, 5) is 23.8. The maximum absolute atomic E-state index is 12.6. The van der Waals surface area contributed by atoms with Gasteiger partial charge in [-0.25, -0.2) is 0 Å². The van der Waals surface area contributed by atoms with Gasteiger partial charge in [0.1, 0.15) is 6.04 Å². The Bertz CT molecular complexity index is 776. The lowest BCUT2D eigenvalue weighted by atomic mass is 10.0. The fourth-order valence-electron chi connectivity index (χ4n) is 2.16. The van der Waals surface area contributed by atoms with Crippen molar-refractivity contribution < 1.29 is 22.8 Å². The van der Waals surface area contributed by atoms with E-state index in [1.54, 1.807) is 6.07 Å². The molecule has 0 aliphatic heterocycles. The second kappa shape index (κ2) is 7.85. The zero-order valence-electron chi connectivity index (χ0n) is 12.8. The number of nitrogens with one attached hydrogen (secondary N) is 1. The van der Waals surface area contributed by atoms with Gasteiger partial charge in [0.15, 0.2) is 0 Å². The average Bonchev–Trinajstić information content (AvgIpc) is 2.55. The van der Waals surface area contributed by atoms with Crippen LogP contribution in [0.3, 0.4) is 0 Å². The standard InChI is InChI=1S/C17H14F3IN2O2/c18-17(19,20)12-7-5-10(6-8-12)16(25)23-14(15(22)24)9-11-3-1-2-4-13(11)21/h1-8,14H,9H2,(H2,22,24)(H,23,25)/t14-/m0/s1. The molecular weight excluding hydrogens is 448 g/mol. The molecule has 0 spiro atoms. The number of benzene rings is 2. The highest BCUT2D eigenvalue weighted by molar-refractivity contribution is 14.1. The molecule has 4 nitrogen and oxygen atoms in total.